The highest BCUT2D eigenvalue weighted by Gasteiger charge is 2.29. The summed E-state index contributed by atoms with van der Waals surface area (Å²) in [6.07, 6.45) is 3.60. The van der Waals surface area contributed by atoms with Crippen molar-refractivity contribution in [2.45, 2.75) is 25.2 Å². The monoisotopic (exact) mass is 269 g/mol. The molecule has 3 heteroatoms. The van der Waals surface area contributed by atoms with Crippen molar-refractivity contribution in [2.24, 2.45) is 5.92 Å². The fraction of sp³-hybridized carbons (Fsp3) is 0.471. The molecule has 3 nitrogen and oxygen atoms in total. The summed E-state index contributed by atoms with van der Waals surface area (Å²) in [5.74, 6) is 2.13. The number of benzene rings is 1. The van der Waals surface area contributed by atoms with Gasteiger partial charge in [-0.2, -0.15) is 0 Å². The molecule has 104 valence electrons. The van der Waals surface area contributed by atoms with E-state index in [-0.39, 0.29) is 0 Å². The van der Waals surface area contributed by atoms with Crippen LogP contribution in [0.15, 0.2) is 30.3 Å². The molecular weight excluding hydrogens is 250 g/mol. The first kappa shape index (κ1) is 12.2. The molecule has 0 bridgehead atoms. The van der Waals surface area contributed by atoms with E-state index in [2.05, 4.69) is 24.3 Å². The third-order valence-corrected chi connectivity index (χ3v) is 4.18. The zero-order chi connectivity index (χ0) is 13.4. The van der Waals surface area contributed by atoms with Crippen molar-refractivity contribution in [3.8, 4) is 5.75 Å². The quantitative estimate of drug-likeness (QED) is 0.851. The van der Waals surface area contributed by atoms with Crippen LogP contribution >= 0.6 is 0 Å². The first-order valence-corrected chi connectivity index (χ1v) is 7.50. The minimum Gasteiger partial charge on any atom is -0.491 e. The summed E-state index contributed by atoms with van der Waals surface area (Å²) in [4.78, 5) is 4.83. The Hall–Kier alpha value is -1.61. The predicted molar refractivity (Wildman–Crippen MR) is 78.1 cm³/mol. The fourth-order valence-electron chi connectivity index (χ4n) is 2.80. The lowest BCUT2D eigenvalue weighted by Crippen LogP contribution is -2.12. The van der Waals surface area contributed by atoms with E-state index in [9.17, 15) is 0 Å². The number of rotatable bonds is 4. The van der Waals surface area contributed by atoms with Crippen LogP contribution in [0.4, 0.5) is 0 Å². The minimum atomic E-state index is 0.536. The molecular formula is C17H19NO2. The summed E-state index contributed by atoms with van der Waals surface area (Å²) in [7, 11) is 0. The van der Waals surface area contributed by atoms with Gasteiger partial charge in [0.05, 0.1) is 24.4 Å². The highest BCUT2D eigenvalue weighted by Crippen LogP contribution is 2.44. The third-order valence-electron chi connectivity index (χ3n) is 4.18. The summed E-state index contributed by atoms with van der Waals surface area (Å²) in [6, 6.07) is 10.4. The zero-order valence-electron chi connectivity index (χ0n) is 11.5. The highest BCUT2D eigenvalue weighted by atomic mass is 16.5. The van der Waals surface area contributed by atoms with Crippen molar-refractivity contribution in [1.29, 1.82) is 0 Å². The molecule has 0 N–H and O–H groups in total. The van der Waals surface area contributed by atoms with Gasteiger partial charge in [0.1, 0.15) is 5.75 Å². The molecule has 2 fully saturated rings. The largest absolute Gasteiger partial charge is 0.491 e. The molecule has 1 saturated heterocycles. The summed E-state index contributed by atoms with van der Waals surface area (Å²) in [5.41, 5.74) is 2.23. The van der Waals surface area contributed by atoms with Gasteiger partial charge in [0.25, 0.3) is 0 Å². The SMILES string of the molecule is c1ccc2nc(C3CC3)c(OCC3CCOC3)cc2c1. The van der Waals surface area contributed by atoms with Gasteiger partial charge in [0.15, 0.2) is 0 Å². The number of hydrogen-bond donors (Lipinski definition) is 0. The van der Waals surface area contributed by atoms with E-state index in [4.69, 9.17) is 14.5 Å². The van der Waals surface area contributed by atoms with E-state index in [1.165, 1.54) is 12.8 Å². The van der Waals surface area contributed by atoms with Crippen molar-refractivity contribution in [2.75, 3.05) is 19.8 Å². The molecule has 0 radical (unpaired) electrons. The number of pyridine rings is 1. The lowest BCUT2D eigenvalue weighted by Gasteiger charge is -2.14. The third kappa shape index (κ3) is 2.38. The second kappa shape index (κ2) is 5.06. The molecule has 1 aliphatic carbocycles. The van der Waals surface area contributed by atoms with Crippen LogP contribution in [0.1, 0.15) is 30.9 Å². The van der Waals surface area contributed by atoms with Crippen LogP contribution in [0, 0.1) is 5.92 Å². The molecule has 1 atom stereocenters. The van der Waals surface area contributed by atoms with Crippen LogP contribution in [-0.4, -0.2) is 24.8 Å². The van der Waals surface area contributed by atoms with Gasteiger partial charge in [-0.1, -0.05) is 18.2 Å². The summed E-state index contributed by atoms with van der Waals surface area (Å²) < 4.78 is 11.5. The molecule has 2 heterocycles. The standard InChI is InChI=1S/C17H19NO2/c1-2-4-15-14(3-1)9-16(17(18-15)13-5-6-13)20-11-12-7-8-19-10-12/h1-4,9,12-13H,5-8,10-11H2. The Balaban J connectivity index is 1.63. The van der Waals surface area contributed by atoms with E-state index in [1.54, 1.807) is 0 Å². The van der Waals surface area contributed by atoms with Crippen molar-refractivity contribution < 1.29 is 9.47 Å². The van der Waals surface area contributed by atoms with Gasteiger partial charge in [0, 0.05) is 23.8 Å². The summed E-state index contributed by atoms with van der Waals surface area (Å²) in [6.45, 7) is 2.46. The molecule has 0 amide bonds. The van der Waals surface area contributed by atoms with Gasteiger partial charge in [-0.3, -0.25) is 0 Å². The van der Waals surface area contributed by atoms with Crippen LogP contribution in [0.25, 0.3) is 10.9 Å². The lowest BCUT2D eigenvalue weighted by molar-refractivity contribution is 0.166. The van der Waals surface area contributed by atoms with E-state index < -0.39 is 0 Å². The Labute approximate surface area is 118 Å². The second-order valence-electron chi connectivity index (χ2n) is 5.88. The molecule has 20 heavy (non-hydrogen) atoms. The predicted octanol–water partition coefficient (Wildman–Crippen LogP) is 3.53. The first-order chi connectivity index (χ1) is 9.90. The number of hydrogen-bond acceptors (Lipinski definition) is 3. The van der Waals surface area contributed by atoms with Crippen molar-refractivity contribution in [3.63, 3.8) is 0 Å². The Morgan fingerprint density at radius 1 is 1.20 bits per heavy atom. The molecule has 1 aliphatic heterocycles. The molecule has 1 unspecified atom stereocenters. The number of aromatic nitrogens is 1. The number of fused-ring (bicyclic) bond motifs is 1. The number of para-hydroxylation sites is 1. The fourth-order valence-corrected chi connectivity index (χ4v) is 2.80. The topological polar surface area (TPSA) is 31.4 Å². The molecule has 2 aliphatic rings. The summed E-state index contributed by atoms with van der Waals surface area (Å²) in [5, 5.41) is 1.16. The van der Waals surface area contributed by atoms with Crippen molar-refractivity contribution in [1.82, 2.24) is 4.98 Å². The van der Waals surface area contributed by atoms with Crippen LogP contribution in [-0.2, 0) is 4.74 Å². The smallest absolute Gasteiger partial charge is 0.141 e. The lowest BCUT2D eigenvalue weighted by atomic mass is 10.1. The molecule has 2 aromatic rings. The van der Waals surface area contributed by atoms with Gasteiger partial charge < -0.3 is 9.47 Å². The van der Waals surface area contributed by atoms with Crippen LogP contribution in [0.5, 0.6) is 5.75 Å². The van der Waals surface area contributed by atoms with E-state index in [1.807, 2.05) is 6.07 Å². The average molecular weight is 269 g/mol. The molecule has 1 saturated carbocycles. The van der Waals surface area contributed by atoms with Crippen molar-refractivity contribution >= 4 is 10.9 Å². The minimum absolute atomic E-state index is 0.536. The van der Waals surface area contributed by atoms with Gasteiger partial charge in [0.2, 0.25) is 0 Å². The van der Waals surface area contributed by atoms with Crippen LogP contribution < -0.4 is 4.74 Å². The Morgan fingerprint density at radius 2 is 2.10 bits per heavy atom. The van der Waals surface area contributed by atoms with Gasteiger partial charge in [-0.05, 0) is 31.4 Å². The maximum atomic E-state index is 6.09. The normalized spacial score (nSPS) is 22.3. The van der Waals surface area contributed by atoms with Gasteiger partial charge in [-0.25, -0.2) is 4.98 Å². The zero-order valence-corrected chi connectivity index (χ0v) is 11.5. The van der Waals surface area contributed by atoms with E-state index in [0.29, 0.717) is 11.8 Å². The highest BCUT2D eigenvalue weighted by molar-refractivity contribution is 5.80. The average Bonchev–Trinajstić information content (AvgIpc) is 3.20. The Morgan fingerprint density at radius 3 is 2.90 bits per heavy atom. The van der Waals surface area contributed by atoms with Crippen LogP contribution in [0.3, 0.4) is 0 Å². The van der Waals surface area contributed by atoms with Crippen LogP contribution in [0.2, 0.25) is 0 Å². The molecule has 1 aromatic heterocycles. The maximum Gasteiger partial charge on any atom is 0.141 e. The van der Waals surface area contributed by atoms with E-state index >= 15 is 0 Å². The number of nitrogens with zero attached hydrogens (tertiary/aromatic N) is 1. The maximum absolute atomic E-state index is 6.09. The Kier molecular flexibility index (Phi) is 3.07. The second-order valence-corrected chi connectivity index (χ2v) is 5.88. The van der Waals surface area contributed by atoms with Gasteiger partial charge >= 0.3 is 0 Å². The van der Waals surface area contributed by atoms with E-state index in [0.717, 1.165) is 48.6 Å². The first-order valence-electron chi connectivity index (χ1n) is 7.50. The molecule has 0 spiro atoms. The Bertz CT molecular complexity index is 615. The van der Waals surface area contributed by atoms with Gasteiger partial charge in [-0.15, -0.1) is 0 Å². The van der Waals surface area contributed by atoms with Crippen molar-refractivity contribution in [3.05, 3.63) is 36.0 Å². The molecule has 4 rings (SSSR count). The molecule has 1 aromatic carbocycles. The summed E-state index contributed by atoms with van der Waals surface area (Å²) >= 11 is 0. The number of ether oxygens (including phenoxy) is 2.